The maximum atomic E-state index is 12.7. The molecular weight excluding hydrogens is 292 g/mol. The Kier molecular flexibility index (Phi) is 4.10. The van der Waals surface area contributed by atoms with Gasteiger partial charge in [-0.2, -0.15) is 0 Å². The first kappa shape index (κ1) is 15.6. The molecule has 4 nitrogen and oxygen atoms in total. The van der Waals surface area contributed by atoms with E-state index in [-0.39, 0.29) is 17.9 Å². The van der Waals surface area contributed by atoms with Gasteiger partial charge in [-0.05, 0) is 44.0 Å². The molecule has 0 saturated carbocycles. The Bertz CT molecular complexity index is 648. The molecular formula is C16H17ClO4. The monoisotopic (exact) mass is 308 g/mol. The molecule has 0 aromatic heterocycles. The van der Waals surface area contributed by atoms with Crippen LogP contribution in [0.25, 0.3) is 5.76 Å². The summed E-state index contributed by atoms with van der Waals surface area (Å²) in [6, 6.07) is 4.90. The average Bonchev–Trinajstić information content (AvgIpc) is 2.45. The SMILES string of the molecule is CCOC(=O)C1=C(O)c2ccc(Cl)cc2C(C)(CC)C1=O. The van der Waals surface area contributed by atoms with Crippen LogP contribution in [0.3, 0.4) is 0 Å². The largest absolute Gasteiger partial charge is 0.506 e. The van der Waals surface area contributed by atoms with Gasteiger partial charge in [-0.1, -0.05) is 18.5 Å². The lowest BCUT2D eigenvalue weighted by atomic mass is 9.68. The Morgan fingerprint density at radius 2 is 2.05 bits per heavy atom. The van der Waals surface area contributed by atoms with E-state index in [0.717, 1.165) is 0 Å². The summed E-state index contributed by atoms with van der Waals surface area (Å²) in [6.45, 7) is 5.39. The molecule has 1 aliphatic carbocycles. The van der Waals surface area contributed by atoms with Crippen LogP contribution in [0.1, 0.15) is 38.3 Å². The molecule has 5 heteroatoms. The van der Waals surface area contributed by atoms with Gasteiger partial charge in [-0.25, -0.2) is 4.79 Å². The van der Waals surface area contributed by atoms with Gasteiger partial charge in [-0.15, -0.1) is 0 Å². The molecule has 0 fully saturated rings. The number of benzene rings is 1. The van der Waals surface area contributed by atoms with Gasteiger partial charge in [0.05, 0.1) is 12.0 Å². The van der Waals surface area contributed by atoms with E-state index in [0.29, 0.717) is 22.6 Å². The quantitative estimate of drug-likeness (QED) is 0.686. The van der Waals surface area contributed by atoms with Gasteiger partial charge in [0.15, 0.2) is 5.78 Å². The number of aliphatic hydroxyl groups is 1. The highest BCUT2D eigenvalue weighted by Gasteiger charge is 2.45. The molecule has 1 aliphatic rings. The molecule has 21 heavy (non-hydrogen) atoms. The minimum absolute atomic E-state index is 0.138. The van der Waals surface area contributed by atoms with Crippen LogP contribution < -0.4 is 0 Å². The number of halogens is 1. The van der Waals surface area contributed by atoms with Crippen LogP contribution in [0.4, 0.5) is 0 Å². The lowest BCUT2D eigenvalue weighted by Crippen LogP contribution is -2.40. The second-order valence-corrected chi connectivity index (χ2v) is 5.59. The third-order valence-electron chi connectivity index (χ3n) is 3.98. The fourth-order valence-electron chi connectivity index (χ4n) is 2.56. The molecule has 2 rings (SSSR count). The van der Waals surface area contributed by atoms with Crippen LogP contribution >= 0.6 is 11.6 Å². The summed E-state index contributed by atoms with van der Waals surface area (Å²) in [5, 5.41) is 10.8. The first-order chi connectivity index (χ1) is 9.86. The maximum Gasteiger partial charge on any atom is 0.345 e. The van der Waals surface area contributed by atoms with Gasteiger partial charge < -0.3 is 9.84 Å². The van der Waals surface area contributed by atoms with E-state index in [9.17, 15) is 14.7 Å². The summed E-state index contributed by atoms with van der Waals surface area (Å²) < 4.78 is 4.90. The van der Waals surface area contributed by atoms with Gasteiger partial charge in [0.2, 0.25) is 0 Å². The summed E-state index contributed by atoms with van der Waals surface area (Å²) in [6.07, 6.45) is 0.482. The number of hydrogen-bond acceptors (Lipinski definition) is 4. The number of Topliss-reactive ketones (excluding diaryl/α,β-unsaturated/α-hetero) is 1. The summed E-state index contributed by atoms with van der Waals surface area (Å²) >= 11 is 6.00. The zero-order valence-electron chi connectivity index (χ0n) is 12.2. The van der Waals surface area contributed by atoms with E-state index < -0.39 is 17.2 Å². The third kappa shape index (κ3) is 2.33. The Morgan fingerprint density at radius 1 is 1.38 bits per heavy atom. The third-order valence-corrected chi connectivity index (χ3v) is 4.22. The highest BCUT2D eigenvalue weighted by Crippen LogP contribution is 2.42. The number of carbonyl (C=O) groups is 2. The maximum absolute atomic E-state index is 12.7. The molecule has 0 heterocycles. The van der Waals surface area contributed by atoms with Crippen molar-refractivity contribution in [1.29, 1.82) is 0 Å². The van der Waals surface area contributed by atoms with Gasteiger partial charge in [0.25, 0.3) is 0 Å². The zero-order valence-corrected chi connectivity index (χ0v) is 13.0. The molecule has 0 aliphatic heterocycles. The Hall–Kier alpha value is -1.81. The minimum atomic E-state index is -0.908. The first-order valence-electron chi connectivity index (χ1n) is 6.82. The van der Waals surface area contributed by atoms with Gasteiger partial charge in [0.1, 0.15) is 11.3 Å². The van der Waals surface area contributed by atoms with E-state index in [1.54, 1.807) is 32.0 Å². The van der Waals surface area contributed by atoms with Crippen molar-refractivity contribution in [3.63, 3.8) is 0 Å². The standard InChI is InChI=1S/C16H17ClO4/c1-4-16(3)11-8-9(17)6-7-10(11)13(18)12(14(16)19)15(20)21-5-2/h6-8,18H,4-5H2,1-3H3. The molecule has 1 atom stereocenters. The van der Waals surface area contributed by atoms with Gasteiger partial charge in [0, 0.05) is 10.6 Å². The lowest BCUT2D eigenvalue weighted by Gasteiger charge is -2.34. The van der Waals surface area contributed by atoms with E-state index >= 15 is 0 Å². The zero-order chi connectivity index (χ0) is 15.8. The second kappa shape index (κ2) is 5.53. The number of fused-ring (bicyclic) bond motifs is 1. The minimum Gasteiger partial charge on any atom is -0.506 e. The van der Waals surface area contributed by atoms with Crippen LogP contribution in [-0.2, 0) is 19.7 Å². The van der Waals surface area contributed by atoms with E-state index in [2.05, 4.69) is 0 Å². The smallest absolute Gasteiger partial charge is 0.345 e. The lowest BCUT2D eigenvalue weighted by molar-refractivity contribution is -0.140. The van der Waals surface area contributed by atoms with E-state index in [1.165, 1.54) is 0 Å². The number of carbonyl (C=O) groups excluding carboxylic acids is 2. The molecule has 0 amide bonds. The summed E-state index contributed by atoms with van der Waals surface area (Å²) in [5.41, 5.74) is -0.107. The molecule has 1 N–H and O–H groups in total. The molecule has 0 radical (unpaired) electrons. The number of rotatable bonds is 3. The Labute approximate surface area is 128 Å². The number of ether oxygens (including phenoxy) is 1. The Morgan fingerprint density at radius 3 is 2.62 bits per heavy atom. The highest BCUT2D eigenvalue weighted by atomic mass is 35.5. The molecule has 112 valence electrons. The van der Waals surface area contributed by atoms with Crippen LogP contribution in [0.5, 0.6) is 0 Å². The van der Waals surface area contributed by atoms with Crippen LogP contribution in [0.15, 0.2) is 23.8 Å². The van der Waals surface area contributed by atoms with Crippen molar-refractivity contribution in [1.82, 2.24) is 0 Å². The average molecular weight is 309 g/mol. The summed E-state index contributed by atoms with van der Waals surface area (Å²) in [7, 11) is 0. The molecule has 1 aromatic carbocycles. The van der Waals surface area contributed by atoms with Crippen LogP contribution in [-0.4, -0.2) is 23.5 Å². The summed E-state index contributed by atoms with van der Waals surface area (Å²) in [4.78, 5) is 24.7. The second-order valence-electron chi connectivity index (χ2n) is 5.15. The molecule has 1 unspecified atom stereocenters. The van der Waals surface area contributed by atoms with Gasteiger partial charge >= 0.3 is 5.97 Å². The summed E-state index contributed by atoms with van der Waals surface area (Å²) in [5.74, 6) is -1.56. The fourth-order valence-corrected chi connectivity index (χ4v) is 2.74. The van der Waals surface area contributed by atoms with Crippen molar-refractivity contribution in [3.05, 3.63) is 39.9 Å². The first-order valence-corrected chi connectivity index (χ1v) is 7.20. The number of hydrogen-bond donors (Lipinski definition) is 1. The van der Waals surface area contributed by atoms with E-state index in [1.807, 2.05) is 6.92 Å². The predicted octanol–water partition coefficient (Wildman–Crippen LogP) is 3.42. The topological polar surface area (TPSA) is 63.6 Å². The van der Waals surface area contributed by atoms with Crippen molar-refractivity contribution in [3.8, 4) is 0 Å². The number of aliphatic hydroxyl groups excluding tert-OH is 1. The van der Waals surface area contributed by atoms with Crippen molar-refractivity contribution < 1.29 is 19.4 Å². The van der Waals surface area contributed by atoms with Crippen LogP contribution in [0, 0.1) is 0 Å². The van der Waals surface area contributed by atoms with Crippen molar-refractivity contribution >= 4 is 29.1 Å². The van der Waals surface area contributed by atoms with Crippen molar-refractivity contribution in [2.45, 2.75) is 32.6 Å². The van der Waals surface area contributed by atoms with Crippen molar-refractivity contribution in [2.75, 3.05) is 6.61 Å². The molecule has 1 aromatic rings. The van der Waals surface area contributed by atoms with E-state index in [4.69, 9.17) is 16.3 Å². The van der Waals surface area contributed by atoms with Gasteiger partial charge in [-0.3, -0.25) is 4.79 Å². The molecule has 0 spiro atoms. The molecule has 0 bridgehead atoms. The number of esters is 1. The Balaban J connectivity index is 2.73. The molecule has 0 saturated heterocycles. The number of ketones is 1. The van der Waals surface area contributed by atoms with Crippen molar-refractivity contribution in [2.24, 2.45) is 0 Å². The normalized spacial score (nSPS) is 21.2. The predicted molar refractivity (Wildman–Crippen MR) is 80.3 cm³/mol. The highest BCUT2D eigenvalue weighted by molar-refractivity contribution is 6.31. The van der Waals surface area contributed by atoms with Crippen LogP contribution in [0.2, 0.25) is 5.02 Å². The fraction of sp³-hybridized carbons (Fsp3) is 0.375.